The van der Waals surface area contributed by atoms with Crippen molar-refractivity contribution >= 4 is 11.6 Å². The molecule has 0 aromatic heterocycles. The van der Waals surface area contributed by atoms with E-state index >= 15 is 0 Å². The summed E-state index contributed by atoms with van der Waals surface area (Å²) in [6.45, 7) is 0.434. The van der Waals surface area contributed by atoms with Gasteiger partial charge in [-0.1, -0.05) is 60.7 Å². The molecule has 0 radical (unpaired) electrons. The highest BCUT2D eigenvalue weighted by molar-refractivity contribution is 5.87. The Morgan fingerprint density at radius 1 is 0.812 bits per heavy atom. The second-order valence-electron chi connectivity index (χ2n) is 7.93. The molecule has 0 spiro atoms. The molecule has 5 nitrogen and oxygen atoms in total. The Balaban J connectivity index is 1.16. The van der Waals surface area contributed by atoms with E-state index in [2.05, 4.69) is 34.8 Å². The second kappa shape index (κ2) is 11.1. The Morgan fingerprint density at radius 3 is 2.06 bits per heavy atom. The average Bonchev–Trinajstić information content (AvgIpc) is 2.87. The number of hydrazone groups is 1. The number of amides is 1. The van der Waals surface area contributed by atoms with Crippen LogP contribution in [-0.2, 0) is 11.4 Å². The summed E-state index contributed by atoms with van der Waals surface area (Å²) in [5.41, 5.74) is 6.17. The predicted molar refractivity (Wildman–Crippen MR) is 126 cm³/mol. The highest BCUT2D eigenvalue weighted by atomic mass is 16.5. The van der Waals surface area contributed by atoms with E-state index in [1.54, 1.807) is 12.1 Å². The molecule has 1 saturated carbocycles. The highest BCUT2D eigenvalue weighted by Crippen LogP contribution is 2.31. The standard InChI is InChI=1S/C27H28N2O3/c30-27(29-28-24-13-11-23(12-14-24)22-9-5-2-6-10-22)20-32-26-17-15-25(16-18-26)31-19-21-7-3-1-4-8-21/h1-10,15-18,23H,11-14,19-20H2,(H,29,30). The first kappa shape index (κ1) is 21.6. The number of nitrogens with one attached hydrogen (secondary N) is 1. The third-order valence-electron chi connectivity index (χ3n) is 5.61. The van der Waals surface area contributed by atoms with Gasteiger partial charge in [-0.3, -0.25) is 4.79 Å². The number of carbonyl (C=O) groups excluding carboxylic acids is 1. The van der Waals surface area contributed by atoms with Crippen molar-refractivity contribution in [1.29, 1.82) is 0 Å². The summed E-state index contributed by atoms with van der Waals surface area (Å²) in [5, 5.41) is 4.31. The largest absolute Gasteiger partial charge is 0.489 e. The molecule has 0 unspecified atom stereocenters. The van der Waals surface area contributed by atoms with Gasteiger partial charge >= 0.3 is 0 Å². The van der Waals surface area contributed by atoms with Crippen LogP contribution in [0.5, 0.6) is 11.5 Å². The molecule has 0 atom stereocenters. The molecule has 3 aromatic carbocycles. The van der Waals surface area contributed by atoms with E-state index < -0.39 is 0 Å². The van der Waals surface area contributed by atoms with Crippen molar-refractivity contribution in [2.24, 2.45) is 5.10 Å². The predicted octanol–water partition coefficient (Wildman–Crippen LogP) is 5.47. The monoisotopic (exact) mass is 428 g/mol. The quantitative estimate of drug-likeness (QED) is 0.484. The van der Waals surface area contributed by atoms with Crippen LogP contribution in [0.15, 0.2) is 90.0 Å². The van der Waals surface area contributed by atoms with Crippen LogP contribution in [0, 0.1) is 0 Å². The van der Waals surface area contributed by atoms with Crippen LogP contribution in [0.2, 0.25) is 0 Å². The van der Waals surface area contributed by atoms with Gasteiger partial charge in [-0.2, -0.15) is 5.10 Å². The summed E-state index contributed by atoms with van der Waals surface area (Å²) in [5.74, 6) is 1.69. The molecule has 0 saturated heterocycles. The third-order valence-corrected chi connectivity index (χ3v) is 5.61. The summed E-state index contributed by atoms with van der Waals surface area (Å²) >= 11 is 0. The molecule has 1 aliphatic rings. The van der Waals surface area contributed by atoms with Crippen molar-refractivity contribution in [2.75, 3.05) is 6.61 Å². The van der Waals surface area contributed by atoms with Crippen molar-refractivity contribution in [3.05, 3.63) is 96.1 Å². The molecule has 1 fully saturated rings. The van der Waals surface area contributed by atoms with Gasteiger partial charge in [0.25, 0.3) is 5.91 Å². The molecular weight excluding hydrogens is 400 g/mol. The Labute approximate surface area is 189 Å². The summed E-state index contributed by atoms with van der Waals surface area (Å²) in [6.07, 6.45) is 3.94. The van der Waals surface area contributed by atoms with Gasteiger partial charge in [0.05, 0.1) is 0 Å². The zero-order valence-electron chi connectivity index (χ0n) is 18.1. The van der Waals surface area contributed by atoms with Gasteiger partial charge in [0.15, 0.2) is 6.61 Å². The zero-order chi connectivity index (χ0) is 22.0. The number of hydrogen-bond donors (Lipinski definition) is 1. The lowest BCUT2D eigenvalue weighted by Gasteiger charge is -2.23. The Morgan fingerprint density at radius 2 is 1.41 bits per heavy atom. The van der Waals surface area contributed by atoms with Gasteiger partial charge in [-0.25, -0.2) is 5.43 Å². The zero-order valence-corrected chi connectivity index (χ0v) is 18.1. The van der Waals surface area contributed by atoms with Crippen molar-refractivity contribution < 1.29 is 14.3 Å². The molecular formula is C27H28N2O3. The van der Waals surface area contributed by atoms with E-state index in [0.29, 0.717) is 18.3 Å². The second-order valence-corrected chi connectivity index (χ2v) is 7.93. The number of rotatable bonds is 8. The number of benzene rings is 3. The minimum absolute atomic E-state index is 0.0758. The summed E-state index contributed by atoms with van der Waals surface area (Å²) < 4.78 is 11.3. The Bertz CT molecular complexity index is 1010. The van der Waals surface area contributed by atoms with Crippen LogP contribution in [0.25, 0.3) is 0 Å². The van der Waals surface area contributed by atoms with Crippen LogP contribution in [0.4, 0.5) is 0 Å². The number of hydrogen-bond acceptors (Lipinski definition) is 4. The maximum absolute atomic E-state index is 12.1. The van der Waals surface area contributed by atoms with Gasteiger partial charge in [0, 0.05) is 5.71 Å². The Hall–Kier alpha value is -3.60. The van der Waals surface area contributed by atoms with E-state index in [9.17, 15) is 4.79 Å². The molecule has 0 bridgehead atoms. The van der Waals surface area contributed by atoms with Gasteiger partial charge < -0.3 is 9.47 Å². The summed E-state index contributed by atoms with van der Waals surface area (Å²) in [7, 11) is 0. The smallest absolute Gasteiger partial charge is 0.277 e. The number of carbonyl (C=O) groups is 1. The maximum atomic E-state index is 12.1. The van der Waals surface area contributed by atoms with Crippen molar-refractivity contribution in [1.82, 2.24) is 5.43 Å². The molecule has 3 aromatic rings. The SMILES string of the molecule is O=C(COc1ccc(OCc2ccccc2)cc1)NN=C1CCC(c2ccccc2)CC1. The van der Waals surface area contributed by atoms with Gasteiger partial charge in [0.1, 0.15) is 18.1 Å². The van der Waals surface area contributed by atoms with E-state index in [0.717, 1.165) is 42.7 Å². The lowest BCUT2D eigenvalue weighted by molar-refractivity contribution is -0.123. The molecule has 0 heterocycles. The topological polar surface area (TPSA) is 59.9 Å². The number of ether oxygens (including phenoxy) is 2. The van der Waals surface area contributed by atoms with E-state index in [4.69, 9.17) is 9.47 Å². The van der Waals surface area contributed by atoms with Gasteiger partial charge in [0.2, 0.25) is 0 Å². The van der Waals surface area contributed by atoms with Crippen LogP contribution in [0.3, 0.4) is 0 Å². The first-order chi connectivity index (χ1) is 15.8. The molecule has 5 heteroatoms. The third kappa shape index (κ3) is 6.45. The molecule has 1 amide bonds. The van der Waals surface area contributed by atoms with E-state index in [-0.39, 0.29) is 12.5 Å². The van der Waals surface area contributed by atoms with Crippen molar-refractivity contribution in [3.63, 3.8) is 0 Å². The van der Waals surface area contributed by atoms with Crippen molar-refractivity contribution in [3.8, 4) is 11.5 Å². The summed E-state index contributed by atoms with van der Waals surface area (Å²) in [6, 6.07) is 27.9. The van der Waals surface area contributed by atoms with E-state index in [1.165, 1.54) is 5.56 Å². The van der Waals surface area contributed by atoms with Crippen LogP contribution < -0.4 is 14.9 Å². The fourth-order valence-electron chi connectivity index (χ4n) is 3.82. The van der Waals surface area contributed by atoms with Crippen LogP contribution >= 0.6 is 0 Å². The first-order valence-electron chi connectivity index (χ1n) is 11.0. The maximum Gasteiger partial charge on any atom is 0.277 e. The normalized spacial score (nSPS) is 15.6. The van der Waals surface area contributed by atoms with Crippen LogP contribution in [-0.4, -0.2) is 18.2 Å². The first-order valence-corrected chi connectivity index (χ1v) is 11.0. The minimum atomic E-state index is -0.257. The van der Waals surface area contributed by atoms with E-state index in [1.807, 2.05) is 48.5 Å². The molecule has 1 aliphatic carbocycles. The van der Waals surface area contributed by atoms with Gasteiger partial charge in [-0.05, 0) is 67.0 Å². The lowest BCUT2D eigenvalue weighted by Crippen LogP contribution is -2.26. The van der Waals surface area contributed by atoms with Crippen molar-refractivity contribution in [2.45, 2.75) is 38.2 Å². The lowest BCUT2D eigenvalue weighted by atomic mass is 9.83. The highest BCUT2D eigenvalue weighted by Gasteiger charge is 2.19. The van der Waals surface area contributed by atoms with Gasteiger partial charge in [-0.15, -0.1) is 0 Å². The molecule has 32 heavy (non-hydrogen) atoms. The fourth-order valence-corrected chi connectivity index (χ4v) is 3.82. The minimum Gasteiger partial charge on any atom is -0.489 e. The average molecular weight is 429 g/mol. The Kier molecular flexibility index (Phi) is 7.53. The number of nitrogens with zero attached hydrogens (tertiary/aromatic N) is 1. The van der Waals surface area contributed by atoms with Crippen LogP contribution in [0.1, 0.15) is 42.7 Å². The molecule has 4 rings (SSSR count). The summed E-state index contributed by atoms with van der Waals surface area (Å²) in [4.78, 5) is 12.1. The molecule has 0 aliphatic heterocycles. The molecule has 1 N–H and O–H groups in total. The molecule has 164 valence electrons. The fraction of sp³-hybridized carbons (Fsp3) is 0.259.